The standard InChI is InChI=1S/C21H21ClN4O3S2/c1-2-29-20(28)17-13-8-4-6-10-15(13)31-19(17)23-16(27)11-30-21-24-18(25-26-21)12-7-3-5-9-14(12)22/h3,5,7,9H,2,4,6,8,10-11H2,1H3,(H,23,27)(H,24,25,26). The normalized spacial score (nSPS) is 13.0. The zero-order valence-corrected chi connectivity index (χ0v) is 19.3. The van der Waals surface area contributed by atoms with Crippen molar-refractivity contribution < 1.29 is 14.3 Å². The van der Waals surface area contributed by atoms with Crippen molar-refractivity contribution in [3.8, 4) is 11.4 Å². The molecule has 2 aromatic heterocycles. The van der Waals surface area contributed by atoms with Gasteiger partial charge in [0.15, 0.2) is 5.82 Å². The van der Waals surface area contributed by atoms with E-state index in [9.17, 15) is 9.59 Å². The molecule has 3 aromatic rings. The number of carbonyl (C=O) groups excluding carboxylic acids is 2. The van der Waals surface area contributed by atoms with E-state index in [-0.39, 0.29) is 17.6 Å². The third-order valence-corrected chi connectivity index (χ3v) is 7.21. The molecule has 2 N–H and O–H groups in total. The highest BCUT2D eigenvalue weighted by Gasteiger charge is 2.27. The summed E-state index contributed by atoms with van der Waals surface area (Å²) in [6.07, 6.45) is 3.90. The third kappa shape index (κ3) is 4.94. The van der Waals surface area contributed by atoms with Crippen molar-refractivity contribution in [2.45, 2.75) is 37.8 Å². The predicted octanol–water partition coefficient (Wildman–Crippen LogP) is 4.97. The number of ether oxygens (including phenoxy) is 1. The lowest BCUT2D eigenvalue weighted by Crippen LogP contribution is -2.17. The molecule has 0 bridgehead atoms. The summed E-state index contributed by atoms with van der Waals surface area (Å²) in [7, 11) is 0. The molecule has 2 heterocycles. The van der Waals surface area contributed by atoms with Gasteiger partial charge in [0, 0.05) is 10.4 Å². The zero-order chi connectivity index (χ0) is 21.8. The van der Waals surface area contributed by atoms with Crippen LogP contribution >= 0.6 is 34.7 Å². The van der Waals surface area contributed by atoms with Gasteiger partial charge in [-0.05, 0) is 50.3 Å². The van der Waals surface area contributed by atoms with Gasteiger partial charge in [-0.25, -0.2) is 9.78 Å². The Kier molecular flexibility index (Phi) is 6.94. The number of aromatic nitrogens is 3. The molecule has 0 atom stereocenters. The van der Waals surface area contributed by atoms with Crippen LogP contribution in [0.5, 0.6) is 0 Å². The number of hydrogen-bond donors (Lipinski definition) is 2. The second-order valence-electron chi connectivity index (χ2n) is 6.92. The van der Waals surface area contributed by atoms with Gasteiger partial charge in [-0.1, -0.05) is 35.5 Å². The lowest BCUT2D eigenvalue weighted by Gasteiger charge is -2.12. The first-order chi connectivity index (χ1) is 15.1. The minimum absolute atomic E-state index is 0.116. The number of aryl methyl sites for hydroxylation is 1. The van der Waals surface area contributed by atoms with E-state index in [1.807, 2.05) is 18.2 Å². The maximum atomic E-state index is 12.6. The highest BCUT2D eigenvalue weighted by Crippen LogP contribution is 2.38. The molecule has 10 heteroatoms. The van der Waals surface area contributed by atoms with Gasteiger partial charge in [-0.15, -0.1) is 16.4 Å². The first kappa shape index (κ1) is 21.9. The molecule has 162 valence electrons. The Bertz CT molecular complexity index is 1110. The molecule has 1 aliphatic carbocycles. The Labute approximate surface area is 192 Å². The van der Waals surface area contributed by atoms with Gasteiger partial charge in [0.2, 0.25) is 11.1 Å². The summed E-state index contributed by atoms with van der Waals surface area (Å²) in [6, 6.07) is 7.34. The van der Waals surface area contributed by atoms with Gasteiger partial charge in [0.25, 0.3) is 0 Å². The van der Waals surface area contributed by atoms with Crippen LogP contribution in [-0.2, 0) is 22.4 Å². The van der Waals surface area contributed by atoms with Crippen LogP contribution < -0.4 is 5.32 Å². The molecule has 0 saturated carbocycles. The molecular formula is C21H21ClN4O3S2. The number of rotatable bonds is 7. The molecule has 0 radical (unpaired) electrons. The molecule has 0 spiro atoms. The quantitative estimate of drug-likeness (QED) is 0.369. The number of halogens is 1. The van der Waals surface area contributed by atoms with Gasteiger partial charge < -0.3 is 10.1 Å². The van der Waals surface area contributed by atoms with Crippen molar-refractivity contribution in [3.05, 3.63) is 45.3 Å². The number of thioether (sulfide) groups is 1. The first-order valence-corrected chi connectivity index (χ1v) is 12.2. The van der Waals surface area contributed by atoms with Gasteiger partial charge >= 0.3 is 5.97 Å². The number of aromatic amines is 1. The monoisotopic (exact) mass is 476 g/mol. The molecule has 0 unspecified atom stereocenters. The smallest absolute Gasteiger partial charge is 0.341 e. The number of amides is 1. The fraction of sp³-hybridized carbons (Fsp3) is 0.333. The number of benzene rings is 1. The summed E-state index contributed by atoms with van der Waals surface area (Å²) in [4.78, 5) is 30.7. The van der Waals surface area contributed by atoms with E-state index >= 15 is 0 Å². The molecule has 0 fully saturated rings. The summed E-state index contributed by atoms with van der Waals surface area (Å²) in [5.74, 6) is 0.0652. The molecule has 1 aromatic carbocycles. The maximum Gasteiger partial charge on any atom is 0.341 e. The number of carbonyl (C=O) groups is 2. The van der Waals surface area contributed by atoms with Gasteiger partial charge in [0.05, 0.1) is 22.9 Å². The van der Waals surface area contributed by atoms with Crippen LogP contribution in [0.25, 0.3) is 11.4 Å². The van der Waals surface area contributed by atoms with Gasteiger partial charge in [-0.3, -0.25) is 9.89 Å². The fourth-order valence-corrected chi connectivity index (χ4v) is 5.57. The average Bonchev–Trinajstić information content (AvgIpc) is 3.37. The van der Waals surface area contributed by atoms with E-state index in [1.165, 1.54) is 23.1 Å². The van der Waals surface area contributed by atoms with Crippen LogP contribution in [0.4, 0.5) is 5.00 Å². The largest absolute Gasteiger partial charge is 0.462 e. The molecule has 1 aliphatic rings. The van der Waals surface area contributed by atoms with Crippen LogP contribution in [0.15, 0.2) is 29.4 Å². The van der Waals surface area contributed by atoms with Crippen molar-refractivity contribution in [1.82, 2.24) is 15.2 Å². The first-order valence-electron chi connectivity index (χ1n) is 9.98. The Hall–Kier alpha value is -2.36. The molecule has 4 rings (SSSR count). The molecular weight excluding hydrogens is 456 g/mol. The van der Waals surface area contributed by atoms with Crippen LogP contribution in [0.2, 0.25) is 5.02 Å². The van der Waals surface area contributed by atoms with E-state index in [1.54, 1.807) is 13.0 Å². The number of esters is 1. The Morgan fingerprint density at radius 3 is 2.90 bits per heavy atom. The van der Waals surface area contributed by atoms with Crippen molar-refractivity contribution in [3.63, 3.8) is 0 Å². The van der Waals surface area contributed by atoms with Crippen LogP contribution in [0.1, 0.15) is 40.6 Å². The van der Waals surface area contributed by atoms with E-state index in [0.29, 0.717) is 33.2 Å². The van der Waals surface area contributed by atoms with Crippen molar-refractivity contribution in [2.24, 2.45) is 0 Å². The average molecular weight is 477 g/mol. The summed E-state index contributed by atoms with van der Waals surface area (Å²) in [5, 5.41) is 11.5. The van der Waals surface area contributed by atoms with Gasteiger partial charge in [0.1, 0.15) is 5.00 Å². The third-order valence-electron chi connectivity index (χ3n) is 4.83. The van der Waals surface area contributed by atoms with Crippen molar-refractivity contribution in [2.75, 3.05) is 17.7 Å². The van der Waals surface area contributed by atoms with E-state index in [4.69, 9.17) is 16.3 Å². The topological polar surface area (TPSA) is 97.0 Å². The molecule has 0 aliphatic heterocycles. The summed E-state index contributed by atoms with van der Waals surface area (Å²) < 4.78 is 5.23. The number of fused-ring (bicyclic) bond motifs is 1. The Morgan fingerprint density at radius 2 is 2.10 bits per heavy atom. The molecule has 31 heavy (non-hydrogen) atoms. The number of nitrogens with zero attached hydrogens (tertiary/aromatic N) is 2. The fourth-order valence-electron chi connectivity index (χ4n) is 3.45. The number of thiophene rings is 1. The lowest BCUT2D eigenvalue weighted by atomic mass is 9.95. The number of nitrogens with one attached hydrogen (secondary N) is 2. The Balaban J connectivity index is 1.43. The summed E-state index contributed by atoms with van der Waals surface area (Å²) in [6.45, 7) is 2.07. The predicted molar refractivity (Wildman–Crippen MR) is 123 cm³/mol. The molecule has 1 amide bonds. The highest BCUT2D eigenvalue weighted by atomic mass is 35.5. The van der Waals surface area contributed by atoms with E-state index in [2.05, 4.69) is 20.5 Å². The summed E-state index contributed by atoms with van der Waals surface area (Å²) in [5.41, 5.74) is 2.28. The number of H-pyrrole nitrogens is 1. The lowest BCUT2D eigenvalue weighted by molar-refractivity contribution is -0.113. The van der Waals surface area contributed by atoms with Gasteiger partial charge in [-0.2, -0.15) is 0 Å². The number of anilines is 1. The van der Waals surface area contributed by atoms with Crippen molar-refractivity contribution >= 4 is 51.6 Å². The summed E-state index contributed by atoms with van der Waals surface area (Å²) >= 11 is 8.88. The molecule has 0 saturated heterocycles. The van der Waals surface area contributed by atoms with Crippen LogP contribution in [0.3, 0.4) is 0 Å². The second-order valence-corrected chi connectivity index (χ2v) is 9.37. The van der Waals surface area contributed by atoms with Crippen LogP contribution in [0, 0.1) is 0 Å². The SMILES string of the molecule is CCOC(=O)c1c(NC(=O)CSc2n[nH]c(-c3ccccc3Cl)n2)sc2c1CCCC2. The zero-order valence-electron chi connectivity index (χ0n) is 16.9. The van der Waals surface area contributed by atoms with Crippen molar-refractivity contribution in [1.29, 1.82) is 0 Å². The van der Waals surface area contributed by atoms with E-state index < -0.39 is 0 Å². The molecule has 7 nitrogen and oxygen atoms in total. The second kappa shape index (κ2) is 9.84. The minimum Gasteiger partial charge on any atom is -0.462 e. The minimum atomic E-state index is -0.372. The Morgan fingerprint density at radius 1 is 1.29 bits per heavy atom. The maximum absolute atomic E-state index is 12.6. The highest BCUT2D eigenvalue weighted by molar-refractivity contribution is 7.99. The van der Waals surface area contributed by atoms with Crippen LogP contribution in [-0.4, -0.2) is 39.4 Å². The van der Waals surface area contributed by atoms with E-state index in [0.717, 1.165) is 41.7 Å². The number of hydrogen-bond acceptors (Lipinski definition) is 7.